The van der Waals surface area contributed by atoms with Gasteiger partial charge in [0.05, 0.1) is 6.04 Å². The molecule has 0 saturated heterocycles. The first-order valence-corrected chi connectivity index (χ1v) is 4.38. The van der Waals surface area contributed by atoms with Gasteiger partial charge in [0.1, 0.15) is 0 Å². The summed E-state index contributed by atoms with van der Waals surface area (Å²) in [4.78, 5) is 0. The van der Waals surface area contributed by atoms with Crippen LogP contribution in [0.2, 0.25) is 0 Å². The summed E-state index contributed by atoms with van der Waals surface area (Å²) in [6, 6.07) is 0.375. The van der Waals surface area contributed by atoms with Crippen molar-refractivity contribution in [3.05, 3.63) is 0 Å². The van der Waals surface area contributed by atoms with Crippen LogP contribution >= 0.6 is 0 Å². The Morgan fingerprint density at radius 2 is 2.00 bits per heavy atom. The van der Waals surface area contributed by atoms with E-state index in [1.807, 2.05) is 6.92 Å². The van der Waals surface area contributed by atoms with E-state index in [2.05, 4.69) is 37.9 Å². The molecule has 0 bridgehead atoms. The van der Waals surface area contributed by atoms with E-state index in [1.165, 1.54) is 6.42 Å². The monoisotopic (exact) mass is 153 g/mol. The smallest absolute Gasteiger partial charge is 0.0712 e. The molecule has 0 spiro atoms. The Morgan fingerprint density at radius 3 is 2.36 bits per heavy atom. The lowest BCUT2D eigenvalue weighted by Gasteiger charge is -2.15. The fourth-order valence-electron chi connectivity index (χ4n) is 0.909. The van der Waals surface area contributed by atoms with Gasteiger partial charge in [-0.2, -0.15) is 0 Å². The van der Waals surface area contributed by atoms with Crippen molar-refractivity contribution < 1.29 is 0 Å². The van der Waals surface area contributed by atoms with E-state index in [1.54, 1.807) is 0 Å². The Balaban J connectivity index is 3.76. The third-order valence-corrected chi connectivity index (χ3v) is 1.58. The van der Waals surface area contributed by atoms with E-state index in [4.69, 9.17) is 0 Å². The van der Waals surface area contributed by atoms with Crippen molar-refractivity contribution in [2.75, 3.05) is 6.54 Å². The van der Waals surface area contributed by atoms with E-state index in [0.29, 0.717) is 12.0 Å². The van der Waals surface area contributed by atoms with Crippen molar-refractivity contribution in [2.24, 2.45) is 5.92 Å². The first kappa shape index (κ1) is 10.5. The highest BCUT2D eigenvalue weighted by Crippen LogP contribution is 1.99. The van der Waals surface area contributed by atoms with Crippen LogP contribution in [0.3, 0.4) is 0 Å². The summed E-state index contributed by atoms with van der Waals surface area (Å²) in [6.07, 6.45) is 1.18. The van der Waals surface area contributed by atoms with Crippen LogP contribution < -0.4 is 5.32 Å². The molecule has 1 atom stereocenters. The van der Waals surface area contributed by atoms with Crippen molar-refractivity contribution in [2.45, 2.75) is 40.2 Å². The third-order valence-electron chi connectivity index (χ3n) is 1.58. The third kappa shape index (κ3) is 4.86. The summed E-state index contributed by atoms with van der Waals surface area (Å²) in [7, 11) is 0. The number of hydrogen-bond acceptors (Lipinski definition) is 1. The van der Waals surface area contributed by atoms with Crippen LogP contribution in [0.5, 0.6) is 0 Å². The molecule has 0 heterocycles. The number of rotatable bonds is 4. The summed E-state index contributed by atoms with van der Waals surface area (Å²) >= 11 is 0. The van der Waals surface area contributed by atoms with Crippen LogP contribution in [0.4, 0.5) is 0 Å². The Hall–Kier alpha value is -0.480. The van der Waals surface area contributed by atoms with Crippen LogP contribution in [0.1, 0.15) is 34.1 Å². The molecular weight excluding hydrogens is 134 g/mol. The lowest BCUT2D eigenvalue weighted by molar-refractivity contribution is 0.476. The second-order valence-electron chi connectivity index (χ2n) is 3.07. The highest BCUT2D eigenvalue weighted by Gasteiger charge is 2.07. The van der Waals surface area contributed by atoms with Crippen LogP contribution in [-0.4, -0.2) is 12.6 Å². The average Bonchev–Trinajstić information content (AvgIpc) is 1.97. The Kier molecular flexibility index (Phi) is 5.97. The van der Waals surface area contributed by atoms with Crippen molar-refractivity contribution in [3.8, 4) is 11.8 Å². The van der Waals surface area contributed by atoms with Gasteiger partial charge in [-0.3, -0.25) is 0 Å². The van der Waals surface area contributed by atoms with Crippen molar-refractivity contribution >= 4 is 0 Å². The van der Waals surface area contributed by atoms with Gasteiger partial charge in [0.2, 0.25) is 0 Å². The fourth-order valence-corrected chi connectivity index (χ4v) is 0.909. The van der Waals surface area contributed by atoms with Crippen LogP contribution in [0.25, 0.3) is 0 Å². The van der Waals surface area contributed by atoms with E-state index in [-0.39, 0.29) is 0 Å². The van der Waals surface area contributed by atoms with Gasteiger partial charge in [-0.1, -0.05) is 26.7 Å². The molecule has 0 aromatic rings. The minimum atomic E-state index is 0.375. The number of nitrogens with one attached hydrogen (secondary N) is 1. The molecule has 0 saturated carbocycles. The summed E-state index contributed by atoms with van der Waals surface area (Å²) in [5, 5.41) is 3.40. The second-order valence-corrected chi connectivity index (χ2v) is 3.07. The van der Waals surface area contributed by atoms with Gasteiger partial charge in [-0.05, 0) is 25.8 Å². The van der Waals surface area contributed by atoms with E-state index >= 15 is 0 Å². The predicted molar refractivity (Wildman–Crippen MR) is 50.4 cm³/mol. The summed E-state index contributed by atoms with van der Waals surface area (Å²) < 4.78 is 0. The fraction of sp³-hybridized carbons (Fsp3) is 0.800. The molecule has 0 aromatic heterocycles. The molecule has 0 aromatic carbocycles. The van der Waals surface area contributed by atoms with Crippen LogP contribution in [0, 0.1) is 17.8 Å². The summed E-state index contributed by atoms with van der Waals surface area (Å²) in [5.74, 6) is 6.71. The normalized spacial score (nSPS) is 12.5. The molecule has 1 heteroatoms. The average molecular weight is 153 g/mol. The minimum Gasteiger partial charge on any atom is -0.303 e. The first-order chi connectivity index (χ1) is 5.22. The maximum Gasteiger partial charge on any atom is 0.0712 e. The molecule has 1 nitrogen and oxygen atoms in total. The second kappa shape index (κ2) is 6.24. The topological polar surface area (TPSA) is 12.0 Å². The van der Waals surface area contributed by atoms with Gasteiger partial charge in [0.15, 0.2) is 0 Å². The zero-order chi connectivity index (χ0) is 8.69. The molecule has 0 amide bonds. The minimum absolute atomic E-state index is 0.375. The molecule has 11 heavy (non-hydrogen) atoms. The maximum absolute atomic E-state index is 3.40. The van der Waals surface area contributed by atoms with Gasteiger partial charge in [-0.25, -0.2) is 0 Å². The first-order valence-electron chi connectivity index (χ1n) is 4.38. The van der Waals surface area contributed by atoms with Gasteiger partial charge < -0.3 is 5.32 Å². The highest BCUT2D eigenvalue weighted by molar-refractivity contribution is 5.06. The quantitative estimate of drug-likeness (QED) is 0.609. The molecule has 0 unspecified atom stereocenters. The zero-order valence-corrected chi connectivity index (χ0v) is 8.07. The van der Waals surface area contributed by atoms with Crippen molar-refractivity contribution in [1.82, 2.24) is 5.32 Å². The molecule has 0 radical (unpaired) electrons. The Labute approximate surface area is 70.6 Å². The lowest BCUT2D eigenvalue weighted by Crippen LogP contribution is -2.32. The van der Waals surface area contributed by atoms with Crippen molar-refractivity contribution in [3.63, 3.8) is 0 Å². The van der Waals surface area contributed by atoms with E-state index < -0.39 is 0 Å². The molecule has 0 rings (SSSR count). The zero-order valence-electron chi connectivity index (χ0n) is 8.07. The summed E-state index contributed by atoms with van der Waals surface area (Å²) in [6.45, 7) is 9.51. The maximum atomic E-state index is 3.40. The predicted octanol–water partition coefficient (Wildman–Crippen LogP) is 2.03. The molecule has 0 aliphatic rings. The lowest BCUT2D eigenvalue weighted by atomic mass is 10.1. The number of hydrogen-bond donors (Lipinski definition) is 1. The summed E-state index contributed by atoms with van der Waals surface area (Å²) in [5.41, 5.74) is 0. The molecule has 0 aliphatic heterocycles. The Bertz CT molecular complexity index is 139. The van der Waals surface area contributed by atoms with E-state index in [9.17, 15) is 0 Å². The van der Waals surface area contributed by atoms with Gasteiger partial charge in [-0.15, -0.1) is 5.92 Å². The highest BCUT2D eigenvalue weighted by atomic mass is 14.9. The molecule has 1 N–H and O–H groups in total. The SMILES string of the molecule is CC#C[C@@H](NCCC)C(C)C. The van der Waals surface area contributed by atoms with E-state index in [0.717, 1.165) is 6.54 Å². The Morgan fingerprint density at radius 1 is 1.36 bits per heavy atom. The largest absolute Gasteiger partial charge is 0.303 e. The van der Waals surface area contributed by atoms with Gasteiger partial charge in [0.25, 0.3) is 0 Å². The molecule has 0 aliphatic carbocycles. The molecular formula is C10H19N. The van der Waals surface area contributed by atoms with Gasteiger partial charge in [0, 0.05) is 0 Å². The molecule has 0 fully saturated rings. The van der Waals surface area contributed by atoms with Crippen LogP contribution in [0.15, 0.2) is 0 Å². The standard InChI is InChI=1S/C10H19N/c1-5-7-10(9(3)4)11-8-6-2/h9-11H,6,8H2,1-4H3/t10-/m1/s1. The molecule has 64 valence electrons. The van der Waals surface area contributed by atoms with Gasteiger partial charge >= 0.3 is 0 Å². The van der Waals surface area contributed by atoms with Crippen LogP contribution in [-0.2, 0) is 0 Å². The van der Waals surface area contributed by atoms with Crippen molar-refractivity contribution in [1.29, 1.82) is 0 Å².